The average Bonchev–Trinajstić information content (AvgIpc) is 2.59. The number of aromatic nitrogens is 2. The van der Waals surface area contributed by atoms with Crippen molar-refractivity contribution in [3.63, 3.8) is 0 Å². The van der Waals surface area contributed by atoms with Crippen molar-refractivity contribution in [1.82, 2.24) is 20.2 Å². The van der Waals surface area contributed by atoms with E-state index < -0.39 is 0 Å². The molecule has 0 atom stereocenters. The lowest BCUT2D eigenvalue weighted by Gasteiger charge is -2.22. The Hall–Kier alpha value is -1.98. The Balaban J connectivity index is 2.53. The van der Waals surface area contributed by atoms with Crippen LogP contribution in [0.5, 0.6) is 0 Å². The molecule has 0 aromatic carbocycles. The summed E-state index contributed by atoms with van der Waals surface area (Å²) in [5, 5.41) is 2.91. The van der Waals surface area contributed by atoms with E-state index in [1.54, 1.807) is 11.1 Å². The highest BCUT2D eigenvalue weighted by Gasteiger charge is 2.18. The van der Waals surface area contributed by atoms with Gasteiger partial charge in [0, 0.05) is 32.3 Å². The van der Waals surface area contributed by atoms with Crippen LogP contribution in [0.3, 0.4) is 0 Å². The zero-order chi connectivity index (χ0) is 17.8. The van der Waals surface area contributed by atoms with Gasteiger partial charge in [0.25, 0.3) is 5.91 Å². The van der Waals surface area contributed by atoms with Crippen molar-refractivity contribution in [3.05, 3.63) is 23.8 Å². The number of aryl methyl sites for hydroxylation is 1. The molecule has 0 bridgehead atoms. The number of nitrogens with zero attached hydrogens (tertiary/aromatic N) is 3. The Labute approximate surface area is 145 Å². The van der Waals surface area contributed by atoms with Gasteiger partial charge in [-0.05, 0) is 19.8 Å². The maximum absolute atomic E-state index is 12.6. The number of unbranched alkanes of at least 4 members (excludes halogenated alkanes) is 3. The summed E-state index contributed by atoms with van der Waals surface area (Å²) in [7, 11) is 0. The zero-order valence-corrected chi connectivity index (χ0v) is 15.2. The second-order valence-electron chi connectivity index (χ2n) is 6.00. The van der Waals surface area contributed by atoms with E-state index in [0.29, 0.717) is 31.7 Å². The first-order valence-corrected chi connectivity index (χ1v) is 8.93. The molecule has 0 fully saturated rings. The molecule has 1 aromatic heterocycles. The van der Waals surface area contributed by atoms with Crippen molar-refractivity contribution in [2.45, 2.75) is 59.3 Å². The van der Waals surface area contributed by atoms with Gasteiger partial charge in [-0.1, -0.05) is 33.1 Å². The molecule has 6 nitrogen and oxygen atoms in total. The number of rotatable bonds is 11. The van der Waals surface area contributed by atoms with Crippen LogP contribution >= 0.6 is 0 Å². The van der Waals surface area contributed by atoms with Gasteiger partial charge in [-0.3, -0.25) is 14.6 Å². The van der Waals surface area contributed by atoms with Gasteiger partial charge in [-0.15, -0.1) is 0 Å². The van der Waals surface area contributed by atoms with E-state index in [0.717, 1.165) is 37.8 Å². The predicted molar refractivity (Wildman–Crippen MR) is 94.7 cm³/mol. The molecule has 1 aromatic rings. The van der Waals surface area contributed by atoms with Crippen LogP contribution in [-0.2, 0) is 4.79 Å². The van der Waals surface area contributed by atoms with Crippen molar-refractivity contribution in [1.29, 1.82) is 0 Å². The lowest BCUT2D eigenvalue weighted by molar-refractivity contribution is -0.121. The third-order valence-corrected chi connectivity index (χ3v) is 3.78. The molecule has 134 valence electrons. The fourth-order valence-corrected chi connectivity index (χ4v) is 2.26. The van der Waals surface area contributed by atoms with E-state index in [-0.39, 0.29) is 11.8 Å². The summed E-state index contributed by atoms with van der Waals surface area (Å²) in [5.74, 6) is -0.162. The molecule has 0 aliphatic heterocycles. The van der Waals surface area contributed by atoms with Crippen molar-refractivity contribution < 1.29 is 9.59 Å². The molecule has 0 aliphatic carbocycles. The molecule has 1 N–H and O–H groups in total. The quantitative estimate of drug-likeness (QED) is 0.631. The molecule has 1 rings (SSSR count). The highest BCUT2D eigenvalue weighted by molar-refractivity contribution is 5.92. The Morgan fingerprint density at radius 1 is 1.04 bits per heavy atom. The van der Waals surface area contributed by atoms with Crippen LogP contribution in [0.1, 0.15) is 68.6 Å². The van der Waals surface area contributed by atoms with E-state index in [4.69, 9.17) is 0 Å². The molecular weight excluding hydrogens is 304 g/mol. The summed E-state index contributed by atoms with van der Waals surface area (Å²) in [6, 6.07) is 0. The Morgan fingerprint density at radius 2 is 1.79 bits per heavy atom. The molecule has 0 saturated carbocycles. The second-order valence-corrected chi connectivity index (χ2v) is 6.00. The van der Waals surface area contributed by atoms with Gasteiger partial charge >= 0.3 is 0 Å². The number of hydrogen-bond acceptors (Lipinski definition) is 4. The minimum absolute atomic E-state index is 0.00427. The summed E-state index contributed by atoms with van der Waals surface area (Å²) in [4.78, 5) is 34.5. The van der Waals surface area contributed by atoms with Crippen LogP contribution in [0, 0.1) is 6.92 Å². The minimum Gasteiger partial charge on any atom is -0.356 e. The van der Waals surface area contributed by atoms with E-state index in [2.05, 4.69) is 29.1 Å². The first kappa shape index (κ1) is 20.1. The second kappa shape index (κ2) is 11.5. The number of nitrogens with one attached hydrogen (secondary N) is 1. The number of carbonyl (C=O) groups is 2. The fraction of sp³-hybridized carbons (Fsp3) is 0.667. The standard InChI is InChI=1S/C18H30N4O2/c1-4-6-8-10-19-17(23)9-12-22(11-7-5-2)18(24)16-14-20-15(3)13-21-16/h13-14H,4-12H2,1-3H3,(H,19,23). The van der Waals surface area contributed by atoms with Crippen molar-refractivity contribution in [2.75, 3.05) is 19.6 Å². The molecular formula is C18H30N4O2. The van der Waals surface area contributed by atoms with E-state index >= 15 is 0 Å². The molecule has 2 amide bonds. The van der Waals surface area contributed by atoms with Gasteiger partial charge in [-0.25, -0.2) is 4.98 Å². The summed E-state index contributed by atoms with van der Waals surface area (Å²) in [6.45, 7) is 7.79. The third-order valence-electron chi connectivity index (χ3n) is 3.78. The summed E-state index contributed by atoms with van der Waals surface area (Å²) < 4.78 is 0. The topological polar surface area (TPSA) is 75.2 Å². The first-order chi connectivity index (χ1) is 11.6. The Bertz CT molecular complexity index is 502. The third kappa shape index (κ3) is 7.53. The van der Waals surface area contributed by atoms with Crippen LogP contribution in [0.2, 0.25) is 0 Å². The lowest BCUT2D eigenvalue weighted by Crippen LogP contribution is -2.36. The SMILES string of the molecule is CCCCCNC(=O)CCN(CCCC)C(=O)c1cnc(C)cn1. The molecule has 0 aliphatic rings. The monoisotopic (exact) mass is 334 g/mol. The Kier molecular flexibility index (Phi) is 9.65. The maximum atomic E-state index is 12.6. The van der Waals surface area contributed by atoms with Gasteiger partial charge in [-0.2, -0.15) is 0 Å². The maximum Gasteiger partial charge on any atom is 0.274 e. The molecule has 6 heteroatoms. The highest BCUT2D eigenvalue weighted by Crippen LogP contribution is 2.05. The molecule has 0 unspecified atom stereocenters. The van der Waals surface area contributed by atoms with Crippen LogP contribution in [0.25, 0.3) is 0 Å². The summed E-state index contributed by atoms with van der Waals surface area (Å²) >= 11 is 0. The van der Waals surface area contributed by atoms with Crippen LogP contribution < -0.4 is 5.32 Å². The molecule has 0 spiro atoms. The van der Waals surface area contributed by atoms with Gasteiger partial charge in [0.05, 0.1) is 11.9 Å². The smallest absolute Gasteiger partial charge is 0.274 e. The molecule has 0 saturated heterocycles. The van der Waals surface area contributed by atoms with Crippen molar-refractivity contribution >= 4 is 11.8 Å². The largest absolute Gasteiger partial charge is 0.356 e. The van der Waals surface area contributed by atoms with Gasteiger partial charge < -0.3 is 10.2 Å². The summed E-state index contributed by atoms with van der Waals surface area (Å²) in [5.41, 5.74) is 1.11. The zero-order valence-electron chi connectivity index (χ0n) is 15.2. The predicted octanol–water partition coefficient (Wildman–Crippen LogP) is 2.72. The average molecular weight is 334 g/mol. The number of amides is 2. The normalized spacial score (nSPS) is 10.5. The molecule has 1 heterocycles. The number of hydrogen-bond donors (Lipinski definition) is 1. The highest BCUT2D eigenvalue weighted by atomic mass is 16.2. The Morgan fingerprint density at radius 3 is 2.42 bits per heavy atom. The van der Waals surface area contributed by atoms with Crippen LogP contribution in [0.15, 0.2) is 12.4 Å². The molecule has 24 heavy (non-hydrogen) atoms. The first-order valence-electron chi connectivity index (χ1n) is 8.93. The molecule has 0 radical (unpaired) electrons. The van der Waals surface area contributed by atoms with Crippen molar-refractivity contribution in [2.24, 2.45) is 0 Å². The number of carbonyl (C=O) groups excluding carboxylic acids is 2. The van der Waals surface area contributed by atoms with Crippen LogP contribution in [-0.4, -0.2) is 46.3 Å². The van der Waals surface area contributed by atoms with E-state index in [1.165, 1.54) is 6.20 Å². The fourth-order valence-electron chi connectivity index (χ4n) is 2.26. The minimum atomic E-state index is -0.158. The van der Waals surface area contributed by atoms with Gasteiger partial charge in [0.15, 0.2) is 0 Å². The van der Waals surface area contributed by atoms with E-state index in [9.17, 15) is 9.59 Å². The van der Waals surface area contributed by atoms with Crippen LogP contribution in [0.4, 0.5) is 0 Å². The van der Waals surface area contributed by atoms with E-state index in [1.807, 2.05) is 6.92 Å². The van der Waals surface area contributed by atoms with Crippen molar-refractivity contribution in [3.8, 4) is 0 Å². The summed E-state index contributed by atoms with van der Waals surface area (Å²) in [6.07, 6.45) is 8.56. The van der Waals surface area contributed by atoms with Gasteiger partial charge in [0.2, 0.25) is 5.91 Å². The lowest BCUT2D eigenvalue weighted by atomic mass is 10.2. The van der Waals surface area contributed by atoms with Gasteiger partial charge in [0.1, 0.15) is 5.69 Å².